The Morgan fingerprint density at radius 3 is 2.95 bits per heavy atom. The van der Waals surface area contributed by atoms with E-state index in [1.54, 1.807) is 6.07 Å². The van der Waals surface area contributed by atoms with E-state index in [1.165, 1.54) is 12.3 Å². The Morgan fingerprint density at radius 2 is 2.35 bits per heavy atom. The highest BCUT2D eigenvalue weighted by atomic mass is 19.1. The fraction of sp³-hybridized carbons (Fsp3) is 0.667. The summed E-state index contributed by atoms with van der Waals surface area (Å²) in [4.78, 5) is 6.52. The summed E-state index contributed by atoms with van der Waals surface area (Å²) >= 11 is 0. The van der Waals surface area contributed by atoms with Crippen LogP contribution in [0.3, 0.4) is 0 Å². The van der Waals surface area contributed by atoms with Crippen LogP contribution in [-0.4, -0.2) is 47.8 Å². The van der Waals surface area contributed by atoms with Crippen LogP contribution in [-0.2, 0) is 0 Å². The molecule has 3 unspecified atom stereocenters. The minimum Gasteiger partial charge on any atom is -0.393 e. The molecule has 0 saturated carbocycles. The number of aliphatic hydroxyl groups excluding tert-OH is 1. The lowest BCUT2D eigenvalue weighted by Crippen LogP contribution is -2.42. The van der Waals surface area contributed by atoms with Gasteiger partial charge in [-0.2, -0.15) is 0 Å². The summed E-state index contributed by atoms with van der Waals surface area (Å²) in [5.41, 5.74) is 0.874. The van der Waals surface area contributed by atoms with Crippen molar-refractivity contribution in [3.63, 3.8) is 0 Å². The van der Waals surface area contributed by atoms with Gasteiger partial charge in [-0.25, -0.2) is 4.39 Å². The molecule has 0 spiro atoms. The summed E-state index contributed by atoms with van der Waals surface area (Å²) < 4.78 is 12.9. The van der Waals surface area contributed by atoms with E-state index in [-0.39, 0.29) is 18.0 Å². The van der Waals surface area contributed by atoms with Crippen molar-refractivity contribution in [3.8, 4) is 0 Å². The van der Waals surface area contributed by atoms with Crippen LogP contribution in [0.5, 0.6) is 0 Å². The molecule has 1 fully saturated rings. The largest absolute Gasteiger partial charge is 0.393 e. The van der Waals surface area contributed by atoms with Gasteiger partial charge in [0.05, 0.1) is 24.0 Å². The monoisotopic (exact) mass is 281 g/mol. The number of piperidine rings is 1. The lowest BCUT2D eigenvalue weighted by Gasteiger charge is -2.35. The van der Waals surface area contributed by atoms with Gasteiger partial charge in [-0.15, -0.1) is 0 Å². The molecular formula is C15H24FN3O. The zero-order valence-electron chi connectivity index (χ0n) is 12.2. The Kier molecular flexibility index (Phi) is 5.46. The van der Waals surface area contributed by atoms with Crippen molar-refractivity contribution in [2.45, 2.75) is 31.9 Å². The number of likely N-dealkylation sites (tertiary alicyclic amines) is 1. The van der Waals surface area contributed by atoms with Crippen LogP contribution in [0.25, 0.3) is 0 Å². The summed E-state index contributed by atoms with van der Waals surface area (Å²) in [5.74, 6) is 0.0307. The van der Waals surface area contributed by atoms with Gasteiger partial charge in [0.15, 0.2) is 0 Å². The summed E-state index contributed by atoms with van der Waals surface area (Å²) in [6, 6.07) is 3.32. The quantitative estimate of drug-likeness (QED) is 0.860. The molecule has 1 aliphatic rings. The number of hydrogen-bond donors (Lipinski definition) is 2. The Bertz CT molecular complexity index is 412. The van der Waals surface area contributed by atoms with E-state index in [4.69, 9.17) is 0 Å². The second-order valence-electron chi connectivity index (χ2n) is 5.67. The second-order valence-corrected chi connectivity index (χ2v) is 5.67. The molecule has 3 atom stereocenters. The molecule has 0 aliphatic carbocycles. The molecule has 0 aromatic carbocycles. The van der Waals surface area contributed by atoms with Crippen LogP contribution < -0.4 is 5.32 Å². The van der Waals surface area contributed by atoms with Crippen molar-refractivity contribution in [2.75, 3.05) is 26.7 Å². The lowest BCUT2D eigenvalue weighted by molar-refractivity contribution is 0.0337. The van der Waals surface area contributed by atoms with Crippen molar-refractivity contribution in [1.82, 2.24) is 15.2 Å². The number of rotatable bonds is 5. The van der Waals surface area contributed by atoms with Crippen LogP contribution in [0.15, 0.2) is 18.3 Å². The molecule has 0 bridgehead atoms. The highest BCUT2D eigenvalue weighted by Gasteiger charge is 2.24. The average Bonchev–Trinajstić information content (AvgIpc) is 2.45. The van der Waals surface area contributed by atoms with Crippen molar-refractivity contribution in [1.29, 1.82) is 0 Å². The van der Waals surface area contributed by atoms with Crippen molar-refractivity contribution < 1.29 is 9.50 Å². The summed E-state index contributed by atoms with van der Waals surface area (Å²) in [6.07, 6.45) is 2.88. The smallest absolute Gasteiger partial charge is 0.141 e. The normalized spacial score (nSPS) is 25.6. The molecule has 1 aromatic rings. The van der Waals surface area contributed by atoms with Gasteiger partial charge in [-0.3, -0.25) is 4.98 Å². The van der Waals surface area contributed by atoms with Crippen LogP contribution in [0, 0.1) is 11.7 Å². The van der Waals surface area contributed by atoms with E-state index < -0.39 is 0 Å². The maximum absolute atomic E-state index is 12.9. The van der Waals surface area contributed by atoms with E-state index in [2.05, 4.69) is 22.1 Å². The minimum atomic E-state index is -0.303. The predicted molar refractivity (Wildman–Crippen MR) is 76.8 cm³/mol. The fourth-order valence-electron chi connectivity index (χ4n) is 2.77. The average molecular weight is 281 g/mol. The minimum absolute atomic E-state index is 0.137. The summed E-state index contributed by atoms with van der Waals surface area (Å²) in [5, 5.41) is 13.0. The Morgan fingerprint density at radius 1 is 1.55 bits per heavy atom. The Balaban J connectivity index is 1.86. The summed E-state index contributed by atoms with van der Waals surface area (Å²) in [7, 11) is 1.90. The number of aromatic nitrogens is 1. The molecule has 1 saturated heterocycles. The van der Waals surface area contributed by atoms with Gasteiger partial charge >= 0.3 is 0 Å². The molecule has 5 heteroatoms. The fourth-order valence-corrected chi connectivity index (χ4v) is 2.77. The van der Waals surface area contributed by atoms with E-state index in [0.717, 1.165) is 38.2 Å². The van der Waals surface area contributed by atoms with Gasteiger partial charge in [0.2, 0.25) is 0 Å². The van der Waals surface area contributed by atoms with Crippen LogP contribution >= 0.6 is 0 Å². The summed E-state index contributed by atoms with van der Waals surface area (Å²) in [6.45, 7) is 4.93. The SMILES string of the molecule is CNC(CCN1CCC(O)C(C)C1)c1ccc(F)cn1. The van der Waals surface area contributed by atoms with Gasteiger partial charge in [0, 0.05) is 19.6 Å². The van der Waals surface area contributed by atoms with Gasteiger partial charge in [-0.1, -0.05) is 6.92 Å². The standard InChI is InChI=1S/C15H24FN3O/c1-11-10-19(8-6-15(11)20)7-5-13(17-2)14-4-3-12(16)9-18-14/h3-4,9,11,13,15,17,20H,5-8,10H2,1-2H3. The molecular weight excluding hydrogens is 257 g/mol. The number of halogens is 1. The number of pyridine rings is 1. The van der Waals surface area contributed by atoms with E-state index >= 15 is 0 Å². The van der Waals surface area contributed by atoms with E-state index in [1.807, 2.05) is 7.05 Å². The molecule has 0 radical (unpaired) electrons. The van der Waals surface area contributed by atoms with Gasteiger partial charge < -0.3 is 15.3 Å². The van der Waals surface area contributed by atoms with E-state index in [0.29, 0.717) is 5.92 Å². The molecule has 20 heavy (non-hydrogen) atoms. The number of nitrogens with zero attached hydrogens (tertiary/aromatic N) is 2. The number of nitrogens with one attached hydrogen (secondary N) is 1. The van der Waals surface area contributed by atoms with Crippen molar-refractivity contribution in [3.05, 3.63) is 29.8 Å². The third-order valence-electron chi connectivity index (χ3n) is 4.13. The van der Waals surface area contributed by atoms with E-state index in [9.17, 15) is 9.50 Å². The molecule has 1 aliphatic heterocycles. The topological polar surface area (TPSA) is 48.4 Å². The third-order valence-corrected chi connectivity index (χ3v) is 4.13. The lowest BCUT2D eigenvalue weighted by atomic mass is 9.96. The van der Waals surface area contributed by atoms with Gasteiger partial charge in [-0.05, 0) is 37.9 Å². The first-order valence-corrected chi connectivity index (χ1v) is 7.29. The van der Waals surface area contributed by atoms with Crippen molar-refractivity contribution in [2.24, 2.45) is 5.92 Å². The number of aliphatic hydroxyl groups is 1. The first-order valence-electron chi connectivity index (χ1n) is 7.29. The molecule has 1 aromatic heterocycles. The first-order chi connectivity index (χ1) is 9.60. The van der Waals surface area contributed by atoms with Gasteiger partial charge in [0.25, 0.3) is 0 Å². The van der Waals surface area contributed by atoms with Crippen LogP contribution in [0.2, 0.25) is 0 Å². The molecule has 2 heterocycles. The zero-order chi connectivity index (χ0) is 14.5. The maximum Gasteiger partial charge on any atom is 0.141 e. The molecule has 4 nitrogen and oxygen atoms in total. The Labute approximate surface area is 120 Å². The predicted octanol–water partition coefficient (Wildman–Crippen LogP) is 1.57. The first kappa shape index (κ1) is 15.4. The zero-order valence-corrected chi connectivity index (χ0v) is 12.2. The number of hydrogen-bond acceptors (Lipinski definition) is 4. The highest BCUT2D eigenvalue weighted by Crippen LogP contribution is 2.19. The second kappa shape index (κ2) is 7.11. The third kappa shape index (κ3) is 3.98. The maximum atomic E-state index is 12.9. The molecule has 112 valence electrons. The molecule has 2 N–H and O–H groups in total. The van der Waals surface area contributed by atoms with Gasteiger partial charge in [0.1, 0.15) is 5.82 Å². The molecule has 2 rings (SSSR count). The van der Waals surface area contributed by atoms with Crippen molar-refractivity contribution >= 4 is 0 Å². The van der Waals surface area contributed by atoms with Crippen LogP contribution in [0.4, 0.5) is 4.39 Å². The molecule has 0 amide bonds. The Hall–Kier alpha value is -1.04. The highest BCUT2D eigenvalue weighted by molar-refractivity contribution is 5.09. The van der Waals surface area contributed by atoms with Crippen LogP contribution in [0.1, 0.15) is 31.5 Å².